The number of benzene rings is 3. The molecule has 0 aliphatic heterocycles. The molecule has 0 bridgehead atoms. The Morgan fingerprint density at radius 3 is 2.52 bits per heavy atom. The molecule has 0 amide bonds. The quantitative estimate of drug-likeness (QED) is 0.364. The van der Waals surface area contributed by atoms with Crippen molar-refractivity contribution < 1.29 is 9.47 Å². The molecule has 3 aromatic carbocycles. The van der Waals surface area contributed by atoms with Crippen molar-refractivity contribution in [1.82, 2.24) is 9.55 Å². The van der Waals surface area contributed by atoms with Crippen molar-refractivity contribution in [2.75, 3.05) is 6.61 Å². The summed E-state index contributed by atoms with van der Waals surface area (Å²) in [6, 6.07) is 24.4. The molecule has 4 heteroatoms. The van der Waals surface area contributed by atoms with Crippen molar-refractivity contribution in [2.45, 2.75) is 33.4 Å². The Hall–Kier alpha value is -3.27. The maximum absolute atomic E-state index is 6.03. The number of fused-ring (bicyclic) bond motifs is 1. The Bertz CT molecular complexity index is 1090. The van der Waals surface area contributed by atoms with Gasteiger partial charge in [0.25, 0.3) is 0 Å². The van der Waals surface area contributed by atoms with Gasteiger partial charge in [0.1, 0.15) is 23.9 Å². The summed E-state index contributed by atoms with van der Waals surface area (Å²) in [4.78, 5) is 4.79. The number of aromatic nitrogens is 2. The molecule has 0 spiro atoms. The van der Waals surface area contributed by atoms with E-state index in [2.05, 4.69) is 48.7 Å². The van der Waals surface area contributed by atoms with Gasteiger partial charge in [-0.3, -0.25) is 0 Å². The van der Waals surface area contributed by atoms with E-state index >= 15 is 0 Å². The van der Waals surface area contributed by atoms with Crippen LogP contribution in [-0.4, -0.2) is 16.2 Å². The first-order valence-corrected chi connectivity index (χ1v) is 10.0. The number of nitrogens with zero attached hydrogens (tertiary/aromatic N) is 2. The van der Waals surface area contributed by atoms with Gasteiger partial charge in [-0.2, -0.15) is 0 Å². The zero-order chi connectivity index (χ0) is 20.1. The van der Waals surface area contributed by atoms with Crippen LogP contribution < -0.4 is 9.47 Å². The maximum Gasteiger partial charge on any atom is 0.147 e. The Morgan fingerprint density at radius 1 is 0.862 bits per heavy atom. The standard InChI is InChI=1S/C25H26N2O2/c1-19-13-14-20(2)24(17-19)28-16-8-15-27-23-12-7-6-11-22(23)26-25(27)18-29-21-9-4-3-5-10-21/h3-7,9-14,17H,8,15-16,18H2,1-2H3. The van der Waals surface area contributed by atoms with Crippen LogP contribution in [0.2, 0.25) is 0 Å². The molecule has 0 fully saturated rings. The Morgan fingerprint density at radius 2 is 1.66 bits per heavy atom. The van der Waals surface area contributed by atoms with Crippen LogP contribution in [0.3, 0.4) is 0 Å². The van der Waals surface area contributed by atoms with Crippen LogP contribution in [0.15, 0.2) is 72.8 Å². The molecule has 0 N–H and O–H groups in total. The van der Waals surface area contributed by atoms with Crippen molar-refractivity contribution in [3.63, 3.8) is 0 Å². The average Bonchev–Trinajstić information content (AvgIpc) is 3.10. The van der Waals surface area contributed by atoms with Gasteiger partial charge < -0.3 is 14.0 Å². The SMILES string of the molecule is Cc1ccc(C)c(OCCCn2c(COc3ccccc3)nc3ccccc32)c1. The molecule has 0 aliphatic rings. The highest BCUT2D eigenvalue weighted by molar-refractivity contribution is 5.75. The predicted octanol–water partition coefficient (Wildman–Crippen LogP) is 5.70. The third-order valence-corrected chi connectivity index (χ3v) is 4.97. The molecular weight excluding hydrogens is 360 g/mol. The van der Waals surface area contributed by atoms with Crippen LogP contribution in [-0.2, 0) is 13.2 Å². The number of aryl methyl sites for hydroxylation is 3. The first-order chi connectivity index (χ1) is 14.2. The smallest absolute Gasteiger partial charge is 0.147 e. The predicted molar refractivity (Wildman–Crippen MR) is 117 cm³/mol. The molecule has 0 saturated carbocycles. The van der Waals surface area contributed by atoms with Crippen molar-refractivity contribution in [3.05, 3.63) is 89.7 Å². The molecule has 4 nitrogen and oxygen atoms in total. The topological polar surface area (TPSA) is 36.3 Å². The lowest BCUT2D eigenvalue weighted by atomic mass is 10.1. The summed E-state index contributed by atoms with van der Waals surface area (Å²) in [5, 5.41) is 0. The molecule has 0 atom stereocenters. The van der Waals surface area contributed by atoms with Gasteiger partial charge in [-0.1, -0.05) is 42.5 Å². The van der Waals surface area contributed by atoms with E-state index in [1.807, 2.05) is 42.5 Å². The second-order valence-electron chi connectivity index (χ2n) is 7.24. The summed E-state index contributed by atoms with van der Waals surface area (Å²) in [5.74, 6) is 2.75. The van der Waals surface area contributed by atoms with Crippen LogP contribution >= 0.6 is 0 Å². The lowest BCUT2D eigenvalue weighted by Crippen LogP contribution is -2.10. The van der Waals surface area contributed by atoms with Gasteiger partial charge in [0.05, 0.1) is 17.6 Å². The molecule has 0 saturated heterocycles. The summed E-state index contributed by atoms with van der Waals surface area (Å²) in [6.45, 7) is 6.10. The number of para-hydroxylation sites is 3. The van der Waals surface area contributed by atoms with Crippen LogP contribution in [0.4, 0.5) is 0 Å². The molecule has 0 radical (unpaired) electrons. The summed E-state index contributed by atoms with van der Waals surface area (Å²) < 4.78 is 14.2. The van der Waals surface area contributed by atoms with Gasteiger partial charge in [-0.05, 0) is 61.7 Å². The normalized spacial score (nSPS) is 11.0. The van der Waals surface area contributed by atoms with Crippen molar-refractivity contribution in [3.8, 4) is 11.5 Å². The minimum Gasteiger partial charge on any atom is -0.493 e. The molecule has 0 unspecified atom stereocenters. The minimum atomic E-state index is 0.441. The van der Waals surface area contributed by atoms with E-state index in [4.69, 9.17) is 14.5 Å². The Balaban J connectivity index is 1.44. The minimum absolute atomic E-state index is 0.441. The second kappa shape index (κ2) is 8.82. The number of imidazole rings is 1. The highest BCUT2D eigenvalue weighted by Crippen LogP contribution is 2.21. The molecule has 4 rings (SSSR count). The molecule has 29 heavy (non-hydrogen) atoms. The lowest BCUT2D eigenvalue weighted by Gasteiger charge is -2.12. The first-order valence-electron chi connectivity index (χ1n) is 10.0. The van der Waals surface area contributed by atoms with Crippen LogP contribution in [0.1, 0.15) is 23.4 Å². The highest BCUT2D eigenvalue weighted by atomic mass is 16.5. The van der Waals surface area contributed by atoms with E-state index in [1.165, 1.54) is 11.1 Å². The number of hydrogen-bond donors (Lipinski definition) is 0. The summed E-state index contributed by atoms with van der Waals surface area (Å²) >= 11 is 0. The second-order valence-corrected chi connectivity index (χ2v) is 7.24. The van der Waals surface area contributed by atoms with E-state index < -0.39 is 0 Å². The maximum atomic E-state index is 6.03. The van der Waals surface area contributed by atoms with Crippen LogP contribution in [0.5, 0.6) is 11.5 Å². The van der Waals surface area contributed by atoms with Crippen molar-refractivity contribution in [2.24, 2.45) is 0 Å². The van der Waals surface area contributed by atoms with Crippen molar-refractivity contribution in [1.29, 1.82) is 0 Å². The van der Waals surface area contributed by atoms with Crippen LogP contribution in [0.25, 0.3) is 11.0 Å². The Kier molecular flexibility index (Phi) is 5.80. The van der Waals surface area contributed by atoms with Gasteiger partial charge in [-0.25, -0.2) is 4.98 Å². The van der Waals surface area contributed by atoms with Crippen LogP contribution in [0, 0.1) is 13.8 Å². The zero-order valence-corrected chi connectivity index (χ0v) is 17.0. The number of rotatable bonds is 8. The molecule has 1 heterocycles. The van der Waals surface area contributed by atoms with Gasteiger partial charge in [-0.15, -0.1) is 0 Å². The zero-order valence-electron chi connectivity index (χ0n) is 17.0. The monoisotopic (exact) mass is 386 g/mol. The number of hydrogen-bond acceptors (Lipinski definition) is 3. The Labute approximate surface area is 171 Å². The summed E-state index contributed by atoms with van der Waals surface area (Å²) in [6.07, 6.45) is 0.895. The molecule has 148 valence electrons. The van der Waals surface area contributed by atoms with E-state index in [9.17, 15) is 0 Å². The third kappa shape index (κ3) is 4.60. The molecule has 4 aromatic rings. The van der Waals surface area contributed by atoms with Crippen molar-refractivity contribution >= 4 is 11.0 Å². The number of ether oxygens (including phenoxy) is 2. The van der Waals surface area contributed by atoms with Gasteiger partial charge in [0.2, 0.25) is 0 Å². The van der Waals surface area contributed by atoms with E-state index in [0.717, 1.165) is 41.3 Å². The summed E-state index contributed by atoms with van der Waals surface area (Å²) in [7, 11) is 0. The fourth-order valence-corrected chi connectivity index (χ4v) is 3.42. The highest BCUT2D eigenvalue weighted by Gasteiger charge is 2.11. The molecule has 1 aromatic heterocycles. The van der Waals surface area contributed by atoms with E-state index in [0.29, 0.717) is 13.2 Å². The molecular formula is C25H26N2O2. The van der Waals surface area contributed by atoms with E-state index in [-0.39, 0.29) is 0 Å². The van der Waals surface area contributed by atoms with Gasteiger partial charge in [0.15, 0.2) is 0 Å². The molecule has 0 aliphatic carbocycles. The third-order valence-electron chi connectivity index (χ3n) is 4.97. The van der Waals surface area contributed by atoms with Gasteiger partial charge >= 0.3 is 0 Å². The van der Waals surface area contributed by atoms with E-state index in [1.54, 1.807) is 0 Å². The average molecular weight is 386 g/mol. The first kappa shape index (κ1) is 19.1. The largest absolute Gasteiger partial charge is 0.493 e. The lowest BCUT2D eigenvalue weighted by molar-refractivity contribution is 0.280. The summed E-state index contributed by atoms with van der Waals surface area (Å²) in [5.41, 5.74) is 4.51. The fourth-order valence-electron chi connectivity index (χ4n) is 3.42. The fraction of sp³-hybridized carbons (Fsp3) is 0.240. The van der Waals surface area contributed by atoms with Gasteiger partial charge in [0, 0.05) is 6.54 Å².